The number of rotatable bonds is 5. The van der Waals surface area contributed by atoms with Gasteiger partial charge in [-0.15, -0.1) is 10.2 Å². The molecule has 0 radical (unpaired) electrons. The van der Waals surface area contributed by atoms with Crippen molar-refractivity contribution in [2.45, 2.75) is 50.7 Å². The van der Waals surface area contributed by atoms with E-state index in [4.69, 9.17) is 0 Å². The zero-order chi connectivity index (χ0) is 18.2. The molecule has 9 heteroatoms. The van der Waals surface area contributed by atoms with Crippen molar-refractivity contribution >= 4 is 16.0 Å². The van der Waals surface area contributed by atoms with Crippen LogP contribution in [0.25, 0.3) is 0 Å². The molecule has 1 atom stereocenters. The molecule has 0 spiro atoms. The van der Waals surface area contributed by atoms with E-state index in [-0.39, 0.29) is 18.0 Å². The molecule has 0 bridgehead atoms. The molecular formula is C16H20N4O4S. The molecule has 0 saturated carbocycles. The Balaban J connectivity index is 1.98. The third-order valence-electron chi connectivity index (χ3n) is 4.37. The third kappa shape index (κ3) is 3.16. The Morgan fingerprint density at radius 3 is 2.56 bits per heavy atom. The van der Waals surface area contributed by atoms with Gasteiger partial charge in [0.1, 0.15) is 17.7 Å². The van der Waals surface area contributed by atoms with E-state index in [1.807, 2.05) is 6.92 Å². The number of aryl methyl sites for hydroxylation is 2. The number of benzene rings is 1. The number of nitrogens with zero attached hydrogens (tertiary/aromatic N) is 4. The number of aromatic nitrogens is 3. The van der Waals surface area contributed by atoms with Crippen molar-refractivity contribution in [1.29, 1.82) is 0 Å². The lowest BCUT2D eigenvalue weighted by Crippen LogP contribution is -2.50. The number of hydrogen-bond acceptors (Lipinski definition) is 5. The summed E-state index contributed by atoms with van der Waals surface area (Å²) in [6, 6.07) is 5.40. The van der Waals surface area contributed by atoms with E-state index >= 15 is 0 Å². The van der Waals surface area contributed by atoms with E-state index in [9.17, 15) is 18.3 Å². The van der Waals surface area contributed by atoms with E-state index in [0.29, 0.717) is 11.6 Å². The molecule has 3 rings (SSSR count). The summed E-state index contributed by atoms with van der Waals surface area (Å²) >= 11 is 0. The van der Waals surface area contributed by atoms with Crippen LogP contribution < -0.4 is 0 Å². The summed E-state index contributed by atoms with van der Waals surface area (Å²) in [5, 5.41) is 17.4. The van der Waals surface area contributed by atoms with Gasteiger partial charge in [-0.1, -0.05) is 25.5 Å². The van der Waals surface area contributed by atoms with Crippen molar-refractivity contribution in [2.75, 3.05) is 0 Å². The maximum Gasteiger partial charge on any atom is 0.323 e. The first-order valence-electron chi connectivity index (χ1n) is 8.07. The molecule has 2 aromatic rings. The summed E-state index contributed by atoms with van der Waals surface area (Å²) in [4.78, 5) is 11.8. The molecule has 8 nitrogen and oxygen atoms in total. The van der Waals surface area contributed by atoms with Crippen LogP contribution in [-0.2, 0) is 34.3 Å². The van der Waals surface area contributed by atoms with Gasteiger partial charge < -0.3 is 9.67 Å². The summed E-state index contributed by atoms with van der Waals surface area (Å²) in [6.07, 6.45) is 1.83. The Morgan fingerprint density at radius 1 is 1.28 bits per heavy atom. The SMILES string of the molecule is CCCc1ccc(S(=O)(=O)N2Cc3nnc(C)n3CC2C(=O)O)cc1. The second-order valence-electron chi connectivity index (χ2n) is 6.07. The van der Waals surface area contributed by atoms with Gasteiger partial charge in [-0.25, -0.2) is 8.42 Å². The van der Waals surface area contributed by atoms with Crippen molar-refractivity contribution in [3.05, 3.63) is 41.5 Å². The maximum absolute atomic E-state index is 13.0. The van der Waals surface area contributed by atoms with Crippen molar-refractivity contribution < 1.29 is 18.3 Å². The molecule has 1 aliphatic heterocycles. The average molecular weight is 364 g/mol. The molecule has 0 saturated heterocycles. The number of fused-ring (bicyclic) bond motifs is 1. The Hall–Kier alpha value is -2.26. The van der Waals surface area contributed by atoms with Crippen LogP contribution in [-0.4, -0.2) is 44.6 Å². The number of carboxylic acid groups (broad SMARTS) is 1. The number of aliphatic carboxylic acids is 1. The Bertz CT molecular complexity index is 889. The van der Waals surface area contributed by atoms with Crippen LogP contribution in [0.2, 0.25) is 0 Å². The Labute approximate surface area is 146 Å². The van der Waals surface area contributed by atoms with Gasteiger partial charge in [0.05, 0.1) is 18.0 Å². The van der Waals surface area contributed by atoms with Gasteiger partial charge >= 0.3 is 5.97 Å². The first kappa shape index (κ1) is 17.6. The van der Waals surface area contributed by atoms with Crippen molar-refractivity contribution in [2.24, 2.45) is 0 Å². The average Bonchev–Trinajstić information content (AvgIpc) is 2.95. The molecule has 1 aliphatic rings. The fourth-order valence-electron chi connectivity index (χ4n) is 3.00. The largest absolute Gasteiger partial charge is 0.480 e. The first-order valence-corrected chi connectivity index (χ1v) is 9.51. The lowest BCUT2D eigenvalue weighted by molar-refractivity contribution is -0.142. The van der Waals surface area contributed by atoms with Gasteiger partial charge in [0.2, 0.25) is 10.0 Å². The molecule has 1 aromatic heterocycles. The van der Waals surface area contributed by atoms with Crippen LogP contribution in [0, 0.1) is 6.92 Å². The van der Waals surface area contributed by atoms with Crippen molar-refractivity contribution in [3.8, 4) is 0 Å². The summed E-state index contributed by atoms with van der Waals surface area (Å²) in [5.41, 5.74) is 1.05. The summed E-state index contributed by atoms with van der Waals surface area (Å²) in [5.74, 6) is -0.173. The topological polar surface area (TPSA) is 105 Å². The highest BCUT2D eigenvalue weighted by molar-refractivity contribution is 7.89. The standard InChI is InChI=1S/C16H20N4O4S/c1-3-4-12-5-7-13(8-6-12)25(23,24)20-10-15-18-17-11(2)19(15)9-14(20)16(21)22/h5-8,14H,3-4,9-10H2,1-2H3,(H,21,22). The smallest absolute Gasteiger partial charge is 0.323 e. The molecular weight excluding hydrogens is 344 g/mol. The number of sulfonamides is 1. The minimum absolute atomic E-state index is 0.00333. The minimum atomic E-state index is -3.95. The van der Waals surface area contributed by atoms with Gasteiger partial charge in [-0.3, -0.25) is 4.79 Å². The molecule has 0 amide bonds. The van der Waals surface area contributed by atoms with Crippen LogP contribution in [0.4, 0.5) is 0 Å². The number of carbonyl (C=O) groups is 1. The second kappa shape index (κ2) is 6.57. The first-order chi connectivity index (χ1) is 11.8. The lowest BCUT2D eigenvalue weighted by atomic mass is 10.1. The van der Waals surface area contributed by atoms with Crippen LogP contribution in [0.3, 0.4) is 0 Å². The van der Waals surface area contributed by atoms with Crippen LogP contribution in [0.15, 0.2) is 29.2 Å². The lowest BCUT2D eigenvalue weighted by Gasteiger charge is -2.32. The quantitative estimate of drug-likeness (QED) is 0.854. The van der Waals surface area contributed by atoms with Crippen molar-refractivity contribution in [1.82, 2.24) is 19.1 Å². The fourth-order valence-corrected chi connectivity index (χ4v) is 4.53. The summed E-state index contributed by atoms with van der Waals surface area (Å²) in [7, 11) is -3.95. The molecule has 1 aromatic carbocycles. The van der Waals surface area contributed by atoms with Crippen LogP contribution >= 0.6 is 0 Å². The molecule has 25 heavy (non-hydrogen) atoms. The second-order valence-corrected chi connectivity index (χ2v) is 7.96. The van der Waals surface area contributed by atoms with Gasteiger partial charge in [0.25, 0.3) is 0 Å². The van der Waals surface area contributed by atoms with Gasteiger partial charge in [-0.05, 0) is 31.0 Å². The fraction of sp³-hybridized carbons (Fsp3) is 0.438. The summed E-state index contributed by atoms with van der Waals surface area (Å²) in [6.45, 7) is 3.65. The number of carboxylic acids is 1. The molecule has 0 fully saturated rings. The molecule has 1 N–H and O–H groups in total. The molecule has 1 unspecified atom stereocenters. The molecule has 2 heterocycles. The Kier molecular flexibility index (Phi) is 4.61. The van der Waals surface area contributed by atoms with Gasteiger partial charge in [0, 0.05) is 0 Å². The third-order valence-corrected chi connectivity index (χ3v) is 6.24. The normalized spacial score (nSPS) is 18.1. The van der Waals surface area contributed by atoms with Crippen LogP contribution in [0.5, 0.6) is 0 Å². The van der Waals surface area contributed by atoms with E-state index in [2.05, 4.69) is 10.2 Å². The van der Waals surface area contributed by atoms with E-state index < -0.39 is 22.0 Å². The monoisotopic (exact) mass is 364 g/mol. The predicted molar refractivity (Wildman–Crippen MR) is 89.3 cm³/mol. The number of hydrogen-bond donors (Lipinski definition) is 1. The Morgan fingerprint density at radius 2 is 1.96 bits per heavy atom. The molecule has 134 valence electrons. The highest BCUT2D eigenvalue weighted by Gasteiger charge is 2.41. The predicted octanol–water partition coefficient (Wildman–Crippen LogP) is 1.20. The highest BCUT2D eigenvalue weighted by atomic mass is 32.2. The van der Waals surface area contributed by atoms with E-state index in [1.165, 1.54) is 12.1 Å². The van der Waals surface area contributed by atoms with E-state index in [0.717, 1.165) is 22.7 Å². The zero-order valence-electron chi connectivity index (χ0n) is 14.1. The van der Waals surface area contributed by atoms with E-state index in [1.54, 1.807) is 23.6 Å². The summed E-state index contributed by atoms with van der Waals surface area (Å²) < 4.78 is 28.6. The highest BCUT2D eigenvalue weighted by Crippen LogP contribution is 2.26. The molecule has 0 aliphatic carbocycles. The van der Waals surface area contributed by atoms with Gasteiger partial charge in [-0.2, -0.15) is 4.31 Å². The maximum atomic E-state index is 13.0. The minimum Gasteiger partial charge on any atom is -0.480 e. The van der Waals surface area contributed by atoms with Gasteiger partial charge in [0.15, 0.2) is 0 Å². The van der Waals surface area contributed by atoms with Crippen LogP contribution in [0.1, 0.15) is 30.6 Å². The zero-order valence-corrected chi connectivity index (χ0v) is 14.9. The van der Waals surface area contributed by atoms with Crippen molar-refractivity contribution in [3.63, 3.8) is 0 Å².